The van der Waals surface area contributed by atoms with E-state index in [2.05, 4.69) is 17.6 Å². The molecule has 0 saturated carbocycles. The number of aliphatic hydroxyl groups is 1. The number of rotatable bonds is 11. The normalized spacial score (nSPS) is 20.3. The van der Waals surface area contributed by atoms with Crippen LogP contribution < -0.4 is 20.1 Å². The highest BCUT2D eigenvalue weighted by atomic mass is 16.7. The molecule has 2 aromatic carbocycles. The van der Waals surface area contributed by atoms with Gasteiger partial charge in [-0.2, -0.15) is 0 Å². The highest BCUT2D eigenvalue weighted by molar-refractivity contribution is 6.00. The molecule has 1 saturated heterocycles. The average Bonchev–Trinajstić information content (AvgIpc) is 3.24. The smallest absolute Gasteiger partial charge is 0.410 e. The molecule has 2 unspecified atom stereocenters. The number of ether oxygens (including phenoxy) is 5. The van der Waals surface area contributed by atoms with Gasteiger partial charge in [-0.05, 0) is 94.3 Å². The van der Waals surface area contributed by atoms with E-state index in [4.69, 9.17) is 23.7 Å². The highest BCUT2D eigenvalue weighted by Crippen LogP contribution is 2.30. The number of amides is 3. The summed E-state index contributed by atoms with van der Waals surface area (Å²) in [5, 5.41) is 17.2. The number of fused-ring (bicyclic) bond motifs is 1. The summed E-state index contributed by atoms with van der Waals surface area (Å²) in [6.45, 7) is 10.8. The van der Waals surface area contributed by atoms with Crippen molar-refractivity contribution in [3.05, 3.63) is 58.7 Å². The molecule has 4 rings (SSSR count). The number of nitrogens with one attached hydrogen (secondary N) is 2. The Balaban J connectivity index is 1.46. The van der Waals surface area contributed by atoms with E-state index in [0.29, 0.717) is 36.9 Å². The lowest BCUT2D eigenvalue weighted by Crippen LogP contribution is -2.54. The first-order valence-electron chi connectivity index (χ1n) is 16.2. The van der Waals surface area contributed by atoms with Crippen LogP contribution in [0.15, 0.2) is 36.4 Å². The molecule has 3 amide bonds. The van der Waals surface area contributed by atoms with Gasteiger partial charge in [0.1, 0.15) is 17.1 Å². The first-order chi connectivity index (χ1) is 22.4. The minimum absolute atomic E-state index is 0.0891. The fourth-order valence-electron chi connectivity index (χ4n) is 5.67. The number of nitrogens with zero attached hydrogens (tertiary/aromatic N) is 1. The van der Waals surface area contributed by atoms with E-state index in [1.807, 2.05) is 18.2 Å². The van der Waals surface area contributed by atoms with E-state index in [1.165, 1.54) is 12.0 Å². The van der Waals surface area contributed by atoms with Gasteiger partial charge in [-0.1, -0.05) is 13.0 Å². The van der Waals surface area contributed by atoms with Gasteiger partial charge in [0.2, 0.25) is 0 Å². The molecule has 0 aromatic heterocycles. The van der Waals surface area contributed by atoms with Gasteiger partial charge in [-0.25, -0.2) is 4.79 Å². The lowest BCUT2D eigenvalue weighted by molar-refractivity contribution is -0.0114. The third kappa shape index (κ3) is 10.1. The summed E-state index contributed by atoms with van der Waals surface area (Å²) in [6.07, 6.45) is 0.451. The van der Waals surface area contributed by atoms with E-state index in [-0.39, 0.29) is 49.8 Å². The summed E-state index contributed by atoms with van der Waals surface area (Å²) in [4.78, 5) is 41.2. The van der Waals surface area contributed by atoms with Crippen LogP contribution >= 0.6 is 0 Å². The zero-order valence-corrected chi connectivity index (χ0v) is 28.3. The zero-order chi connectivity index (χ0) is 34.1. The van der Waals surface area contributed by atoms with Crippen LogP contribution in [0.25, 0.3) is 0 Å². The Morgan fingerprint density at radius 1 is 1.04 bits per heavy atom. The molecule has 2 aliphatic heterocycles. The van der Waals surface area contributed by atoms with Crippen molar-refractivity contribution in [2.45, 2.75) is 84.2 Å². The number of methoxy groups -OCH3 is 1. The predicted octanol–water partition coefficient (Wildman–Crippen LogP) is 4.07. The quantitative estimate of drug-likeness (QED) is 0.305. The zero-order valence-electron chi connectivity index (χ0n) is 28.3. The maximum Gasteiger partial charge on any atom is 0.410 e. The maximum atomic E-state index is 13.4. The molecule has 0 spiro atoms. The summed E-state index contributed by atoms with van der Waals surface area (Å²) < 4.78 is 27.7. The standard InChI is InChI=1S/C35H49N3O9/c1-7-45-31-16-24(32(40)37-26-11-8-22(2)19-44-20-26)10-13-28(31)33(41)36-17-30(39)29-15-23-9-12-27(46-21-43-6)14-25(23)18-38(29)34(42)47-35(3,4)5/h9-10,12-14,16,22,26,29-30,39H,7-8,11,15,17-21H2,1-6H3,(H,36,41)(H,37,40)/t22?,26?,29-,30+/m0/s1. The molecular formula is C35H49N3O9. The SMILES string of the molecule is CCOc1cc(C(=O)NC2CCC(C)COC2)ccc1C(=O)NC[C@@H](O)[C@@H]1Cc2ccc(OCOC)cc2CN1C(=O)OC(C)(C)C. The molecule has 47 heavy (non-hydrogen) atoms. The summed E-state index contributed by atoms with van der Waals surface area (Å²) in [6, 6.07) is 9.48. The van der Waals surface area contributed by atoms with Gasteiger partial charge >= 0.3 is 6.09 Å². The van der Waals surface area contributed by atoms with Crippen LogP contribution in [0.4, 0.5) is 4.79 Å². The Hall–Kier alpha value is -3.87. The first kappa shape index (κ1) is 36.0. The van der Waals surface area contributed by atoms with E-state index >= 15 is 0 Å². The molecule has 2 aliphatic rings. The third-order valence-corrected chi connectivity index (χ3v) is 8.09. The number of benzene rings is 2. The number of aliphatic hydroxyl groups excluding tert-OH is 1. The molecule has 0 radical (unpaired) electrons. The van der Waals surface area contributed by atoms with Crippen LogP contribution in [0, 0.1) is 5.92 Å². The molecule has 2 aromatic rings. The minimum Gasteiger partial charge on any atom is -0.493 e. The fourth-order valence-corrected chi connectivity index (χ4v) is 5.67. The fraction of sp³-hybridized carbons (Fsp3) is 0.571. The third-order valence-electron chi connectivity index (χ3n) is 8.09. The van der Waals surface area contributed by atoms with Gasteiger partial charge in [0, 0.05) is 32.4 Å². The Kier molecular flexibility index (Phi) is 12.5. The Labute approximate surface area is 277 Å². The van der Waals surface area contributed by atoms with E-state index in [9.17, 15) is 19.5 Å². The van der Waals surface area contributed by atoms with E-state index in [0.717, 1.165) is 24.0 Å². The molecule has 4 atom stereocenters. The lowest BCUT2D eigenvalue weighted by atomic mass is 9.91. The van der Waals surface area contributed by atoms with Gasteiger partial charge in [-0.3, -0.25) is 14.5 Å². The second-order valence-electron chi connectivity index (χ2n) is 13.2. The average molecular weight is 656 g/mol. The van der Waals surface area contributed by atoms with Gasteiger partial charge in [0.15, 0.2) is 6.79 Å². The van der Waals surface area contributed by atoms with Crippen LogP contribution in [0.5, 0.6) is 11.5 Å². The maximum absolute atomic E-state index is 13.4. The molecule has 1 fully saturated rings. The summed E-state index contributed by atoms with van der Waals surface area (Å²) in [5.74, 6) is 0.551. The number of carbonyl (C=O) groups excluding carboxylic acids is 3. The van der Waals surface area contributed by atoms with Crippen molar-refractivity contribution >= 4 is 17.9 Å². The van der Waals surface area contributed by atoms with Gasteiger partial charge < -0.3 is 39.4 Å². The van der Waals surface area contributed by atoms with Crippen molar-refractivity contribution in [1.29, 1.82) is 0 Å². The Morgan fingerprint density at radius 2 is 1.83 bits per heavy atom. The van der Waals surface area contributed by atoms with Gasteiger partial charge in [0.05, 0.1) is 37.0 Å². The lowest BCUT2D eigenvalue weighted by Gasteiger charge is -2.40. The molecule has 12 heteroatoms. The van der Waals surface area contributed by atoms with Crippen LogP contribution in [0.3, 0.4) is 0 Å². The summed E-state index contributed by atoms with van der Waals surface area (Å²) in [5.41, 5.74) is 1.66. The molecular weight excluding hydrogens is 606 g/mol. The van der Waals surface area contributed by atoms with Gasteiger partial charge in [-0.15, -0.1) is 0 Å². The molecule has 0 bridgehead atoms. The van der Waals surface area contributed by atoms with E-state index in [1.54, 1.807) is 45.9 Å². The first-order valence-corrected chi connectivity index (χ1v) is 16.2. The van der Waals surface area contributed by atoms with Crippen molar-refractivity contribution < 1.29 is 43.2 Å². The summed E-state index contributed by atoms with van der Waals surface area (Å²) >= 11 is 0. The van der Waals surface area contributed by atoms with Crippen LogP contribution in [-0.4, -0.2) is 92.0 Å². The van der Waals surface area contributed by atoms with Gasteiger partial charge in [0.25, 0.3) is 11.8 Å². The summed E-state index contributed by atoms with van der Waals surface area (Å²) in [7, 11) is 1.54. The second kappa shape index (κ2) is 16.3. The van der Waals surface area contributed by atoms with Crippen molar-refractivity contribution in [3.8, 4) is 11.5 Å². The van der Waals surface area contributed by atoms with Crippen LogP contribution in [0.2, 0.25) is 0 Å². The molecule has 0 aliphatic carbocycles. The van der Waals surface area contributed by atoms with Crippen molar-refractivity contribution in [2.75, 3.05) is 40.3 Å². The molecule has 258 valence electrons. The van der Waals surface area contributed by atoms with Crippen molar-refractivity contribution in [2.24, 2.45) is 5.92 Å². The number of hydrogen-bond acceptors (Lipinski definition) is 9. The monoisotopic (exact) mass is 655 g/mol. The molecule has 3 N–H and O–H groups in total. The predicted molar refractivity (Wildman–Crippen MR) is 175 cm³/mol. The second-order valence-corrected chi connectivity index (χ2v) is 13.2. The Morgan fingerprint density at radius 3 is 2.55 bits per heavy atom. The van der Waals surface area contributed by atoms with Crippen molar-refractivity contribution in [3.63, 3.8) is 0 Å². The van der Waals surface area contributed by atoms with E-state index < -0.39 is 29.7 Å². The highest BCUT2D eigenvalue weighted by Gasteiger charge is 2.37. The number of hydrogen-bond donors (Lipinski definition) is 3. The van der Waals surface area contributed by atoms with Crippen LogP contribution in [-0.2, 0) is 27.2 Å². The minimum atomic E-state index is -1.12. The molecule has 2 heterocycles. The Bertz CT molecular complexity index is 1390. The van der Waals surface area contributed by atoms with Crippen LogP contribution in [0.1, 0.15) is 79.3 Å². The molecule has 12 nitrogen and oxygen atoms in total. The number of carbonyl (C=O) groups is 3. The van der Waals surface area contributed by atoms with Crippen molar-refractivity contribution in [1.82, 2.24) is 15.5 Å². The largest absolute Gasteiger partial charge is 0.493 e. The topological polar surface area (TPSA) is 145 Å².